The minimum Gasteiger partial charge on any atom is -0.353 e. The molecule has 28 heavy (non-hydrogen) atoms. The molecule has 0 atom stereocenters. The quantitative estimate of drug-likeness (QED) is 0.765. The molecule has 3 aliphatic rings. The van der Waals surface area contributed by atoms with Crippen molar-refractivity contribution in [1.82, 2.24) is 24.9 Å². The van der Waals surface area contributed by atoms with Gasteiger partial charge < -0.3 is 4.90 Å². The van der Waals surface area contributed by atoms with Crippen LogP contribution in [0.4, 0.5) is 5.82 Å². The van der Waals surface area contributed by atoms with Crippen molar-refractivity contribution in [3.63, 3.8) is 0 Å². The Morgan fingerprint density at radius 2 is 1.82 bits per heavy atom. The fraction of sp³-hybridized carbons (Fsp3) is 0.600. The summed E-state index contributed by atoms with van der Waals surface area (Å²) in [6, 6.07) is 4.03. The minimum absolute atomic E-state index is 0.0430. The first-order chi connectivity index (χ1) is 13.8. The molecule has 0 radical (unpaired) electrons. The molecule has 0 saturated carbocycles. The van der Waals surface area contributed by atoms with Gasteiger partial charge in [0, 0.05) is 51.0 Å². The molecule has 1 saturated heterocycles. The van der Waals surface area contributed by atoms with Crippen molar-refractivity contribution >= 4 is 17.6 Å². The highest BCUT2D eigenvalue weighted by Crippen LogP contribution is 2.25. The van der Waals surface area contributed by atoms with E-state index < -0.39 is 0 Å². The molecule has 148 valence electrons. The number of fused-ring (bicyclic) bond motifs is 2. The van der Waals surface area contributed by atoms with Crippen LogP contribution in [0.25, 0.3) is 0 Å². The summed E-state index contributed by atoms with van der Waals surface area (Å²) in [4.78, 5) is 17.0. The van der Waals surface area contributed by atoms with Crippen LogP contribution in [-0.2, 0) is 31.6 Å². The summed E-state index contributed by atoms with van der Waals surface area (Å²) in [5.41, 5.74) is 4.84. The van der Waals surface area contributed by atoms with Crippen molar-refractivity contribution in [2.45, 2.75) is 38.0 Å². The van der Waals surface area contributed by atoms with Crippen LogP contribution < -0.4 is 10.5 Å². The number of rotatable bonds is 4. The van der Waals surface area contributed by atoms with E-state index in [1.807, 2.05) is 11.8 Å². The van der Waals surface area contributed by atoms with Gasteiger partial charge in [-0.05, 0) is 42.2 Å². The van der Waals surface area contributed by atoms with Crippen LogP contribution in [0.1, 0.15) is 28.9 Å². The number of hydrogen-bond donors (Lipinski definition) is 0. The maximum Gasteiger partial charge on any atom is 0.267 e. The number of hydrogen-bond acceptors (Lipinski definition) is 7. The lowest BCUT2D eigenvalue weighted by Gasteiger charge is -2.35. The normalized spacial score (nSPS) is 19.5. The standard InChI is InChI=1S/C20H26N6OS/c27-20-13-15-2-1-3-18(15)23-26(20)10-7-24-5-8-25(9-6-24)19-12-16-14-28-11-4-17(16)21-22-19/h12-13H,1-11,14H2. The van der Waals surface area contributed by atoms with Gasteiger partial charge in [0.2, 0.25) is 0 Å². The molecule has 7 nitrogen and oxygen atoms in total. The summed E-state index contributed by atoms with van der Waals surface area (Å²) in [5.74, 6) is 3.22. The average Bonchev–Trinajstić information content (AvgIpc) is 3.19. The second-order valence-corrected chi connectivity index (χ2v) is 8.94. The van der Waals surface area contributed by atoms with Crippen molar-refractivity contribution in [1.29, 1.82) is 0 Å². The second kappa shape index (κ2) is 7.83. The highest BCUT2D eigenvalue weighted by atomic mass is 32.2. The van der Waals surface area contributed by atoms with E-state index in [0.29, 0.717) is 6.54 Å². The molecular formula is C20H26N6OS. The van der Waals surface area contributed by atoms with Gasteiger partial charge in [0.05, 0.1) is 17.9 Å². The van der Waals surface area contributed by atoms with E-state index in [1.165, 1.54) is 11.3 Å². The van der Waals surface area contributed by atoms with Gasteiger partial charge in [0.1, 0.15) is 0 Å². The predicted molar refractivity (Wildman–Crippen MR) is 111 cm³/mol. The van der Waals surface area contributed by atoms with E-state index >= 15 is 0 Å². The molecule has 0 bridgehead atoms. The Kier molecular flexibility index (Phi) is 5.07. The van der Waals surface area contributed by atoms with Crippen LogP contribution in [0.5, 0.6) is 0 Å². The Labute approximate surface area is 169 Å². The summed E-state index contributed by atoms with van der Waals surface area (Å²) in [6.45, 7) is 5.40. The Morgan fingerprint density at radius 3 is 2.71 bits per heavy atom. The van der Waals surface area contributed by atoms with Crippen molar-refractivity contribution in [3.05, 3.63) is 45.0 Å². The molecule has 5 rings (SSSR count). The first-order valence-corrected chi connectivity index (χ1v) is 11.4. The lowest BCUT2D eigenvalue weighted by atomic mass is 10.2. The Bertz CT molecular complexity index is 921. The van der Waals surface area contributed by atoms with E-state index in [-0.39, 0.29) is 5.56 Å². The Hall–Kier alpha value is -1.93. The van der Waals surface area contributed by atoms with E-state index in [0.717, 1.165) is 87.0 Å². The van der Waals surface area contributed by atoms with E-state index in [4.69, 9.17) is 0 Å². The van der Waals surface area contributed by atoms with Gasteiger partial charge in [-0.25, -0.2) is 4.68 Å². The van der Waals surface area contributed by atoms with Gasteiger partial charge >= 0.3 is 0 Å². The lowest BCUT2D eigenvalue weighted by Crippen LogP contribution is -2.48. The average molecular weight is 399 g/mol. The number of aryl methyl sites for hydroxylation is 3. The summed E-state index contributed by atoms with van der Waals surface area (Å²) in [6.07, 6.45) is 4.18. The van der Waals surface area contributed by atoms with Gasteiger partial charge in [-0.2, -0.15) is 22.0 Å². The second-order valence-electron chi connectivity index (χ2n) is 7.84. The fourth-order valence-electron chi connectivity index (χ4n) is 4.32. The molecule has 0 aromatic carbocycles. The largest absolute Gasteiger partial charge is 0.353 e. The van der Waals surface area contributed by atoms with Gasteiger partial charge in [0.15, 0.2) is 5.82 Å². The monoisotopic (exact) mass is 398 g/mol. The van der Waals surface area contributed by atoms with Gasteiger partial charge in [-0.3, -0.25) is 9.69 Å². The molecule has 2 aromatic heterocycles. The van der Waals surface area contributed by atoms with Crippen molar-refractivity contribution in [2.75, 3.05) is 43.4 Å². The Balaban J connectivity index is 1.17. The zero-order valence-corrected chi connectivity index (χ0v) is 17.0. The lowest BCUT2D eigenvalue weighted by molar-refractivity contribution is 0.242. The van der Waals surface area contributed by atoms with Crippen molar-refractivity contribution < 1.29 is 0 Å². The molecule has 0 N–H and O–H groups in total. The zero-order valence-electron chi connectivity index (χ0n) is 16.1. The molecular weight excluding hydrogens is 372 g/mol. The van der Waals surface area contributed by atoms with Crippen LogP contribution in [0.2, 0.25) is 0 Å². The van der Waals surface area contributed by atoms with Crippen molar-refractivity contribution in [3.8, 4) is 0 Å². The minimum atomic E-state index is 0.0430. The van der Waals surface area contributed by atoms with Crippen LogP contribution in [0, 0.1) is 0 Å². The SMILES string of the molecule is O=c1cc2c(nn1CCN1CCN(c3cc4c(nn3)CCSC4)CC1)CCC2. The molecule has 2 aromatic rings. The topological polar surface area (TPSA) is 67.2 Å². The van der Waals surface area contributed by atoms with E-state index in [1.54, 1.807) is 10.7 Å². The number of anilines is 1. The summed E-state index contributed by atoms with van der Waals surface area (Å²) < 4.78 is 1.66. The zero-order chi connectivity index (χ0) is 18.9. The van der Waals surface area contributed by atoms with Crippen LogP contribution in [0.3, 0.4) is 0 Å². The van der Waals surface area contributed by atoms with Gasteiger partial charge in [-0.15, -0.1) is 5.10 Å². The molecule has 1 fully saturated rings. The molecule has 1 aliphatic carbocycles. The number of piperazine rings is 1. The first kappa shape index (κ1) is 18.1. The highest BCUT2D eigenvalue weighted by molar-refractivity contribution is 7.98. The fourth-order valence-corrected chi connectivity index (χ4v) is 5.27. The third-order valence-corrected chi connectivity index (χ3v) is 7.04. The maximum atomic E-state index is 12.3. The van der Waals surface area contributed by atoms with E-state index in [9.17, 15) is 4.79 Å². The molecule has 0 spiro atoms. The molecule has 8 heteroatoms. The predicted octanol–water partition coefficient (Wildman–Crippen LogP) is 1.13. The molecule has 2 aliphatic heterocycles. The van der Waals surface area contributed by atoms with Gasteiger partial charge in [0.25, 0.3) is 5.56 Å². The smallest absolute Gasteiger partial charge is 0.267 e. The third-order valence-electron chi connectivity index (χ3n) is 6.04. The van der Waals surface area contributed by atoms with E-state index in [2.05, 4.69) is 31.2 Å². The highest BCUT2D eigenvalue weighted by Gasteiger charge is 2.21. The maximum absolute atomic E-state index is 12.3. The van der Waals surface area contributed by atoms with Crippen LogP contribution in [0.15, 0.2) is 16.9 Å². The number of nitrogens with zero attached hydrogens (tertiary/aromatic N) is 6. The van der Waals surface area contributed by atoms with Crippen LogP contribution in [-0.4, -0.2) is 63.4 Å². The number of thioether (sulfide) groups is 1. The molecule has 0 amide bonds. The summed E-state index contributed by atoms with van der Waals surface area (Å²) in [5, 5.41) is 13.5. The summed E-state index contributed by atoms with van der Waals surface area (Å²) >= 11 is 1.98. The number of aromatic nitrogens is 4. The van der Waals surface area contributed by atoms with Gasteiger partial charge in [-0.1, -0.05) is 0 Å². The Morgan fingerprint density at radius 1 is 0.929 bits per heavy atom. The first-order valence-electron chi connectivity index (χ1n) is 10.3. The molecule has 4 heterocycles. The van der Waals surface area contributed by atoms with Crippen molar-refractivity contribution in [2.24, 2.45) is 0 Å². The van der Waals surface area contributed by atoms with Crippen LogP contribution >= 0.6 is 11.8 Å². The summed E-state index contributed by atoms with van der Waals surface area (Å²) in [7, 11) is 0. The molecule has 0 unspecified atom stereocenters. The third kappa shape index (κ3) is 3.67.